The van der Waals surface area contributed by atoms with Gasteiger partial charge in [0.05, 0.1) is 12.7 Å². The molecular weight excluding hydrogens is 206 g/mol. The van der Waals surface area contributed by atoms with Crippen molar-refractivity contribution in [2.24, 2.45) is 0 Å². The molecule has 0 aliphatic rings. The summed E-state index contributed by atoms with van der Waals surface area (Å²) in [5, 5.41) is 12.2. The molecular formula is C12H25NO3. The maximum Gasteiger partial charge on any atom is 0.326 e. The molecule has 4 nitrogen and oxygen atoms in total. The van der Waals surface area contributed by atoms with E-state index in [0.717, 1.165) is 19.3 Å². The van der Waals surface area contributed by atoms with E-state index in [1.807, 2.05) is 13.8 Å². The lowest BCUT2D eigenvalue weighted by Crippen LogP contribution is -2.53. The molecule has 0 saturated carbocycles. The largest absolute Gasteiger partial charge is 0.480 e. The average Bonchev–Trinajstić information content (AvgIpc) is 2.24. The van der Waals surface area contributed by atoms with Gasteiger partial charge in [0.2, 0.25) is 0 Å². The van der Waals surface area contributed by atoms with Gasteiger partial charge in [-0.25, -0.2) is 0 Å². The van der Waals surface area contributed by atoms with E-state index in [4.69, 9.17) is 9.84 Å². The number of rotatable bonds is 9. The summed E-state index contributed by atoms with van der Waals surface area (Å²) in [6.07, 6.45) is 3.04. The fourth-order valence-electron chi connectivity index (χ4n) is 1.39. The fourth-order valence-corrected chi connectivity index (χ4v) is 1.39. The topological polar surface area (TPSA) is 58.6 Å². The molecule has 16 heavy (non-hydrogen) atoms. The number of carboxylic acids is 1. The zero-order valence-electron chi connectivity index (χ0n) is 10.9. The van der Waals surface area contributed by atoms with Crippen molar-refractivity contribution in [1.29, 1.82) is 0 Å². The van der Waals surface area contributed by atoms with Crippen molar-refractivity contribution in [2.75, 3.05) is 13.2 Å². The first kappa shape index (κ1) is 15.4. The van der Waals surface area contributed by atoms with Crippen LogP contribution in [0.3, 0.4) is 0 Å². The zero-order chi connectivity index (χ0) is 12.6. The Labute approximate surface area is 98.4 Å². The Morgan fingerprint density at radius 2 is 2.06 bits per heavy atom. The van der Waals surface area contributed by atoms with E-state index < -0.39 is 11.5 Å². The van der Waals surface area contributed by atoms with E-state index >= 15 is 0 Å². The van der Waals surface area contributed by atoms with Crippen molar-refractivity contribution in [1.82, 2.24) is 5.32 Å². The Hall–Kier alpha value is -0.610. The Morgan fingerprint density at radius 3 is 2.50 bits per heavy atom. The highest BCUT2D eigenvalue weighted by Crippen LogP contribution is 2.09. The van der Waals surface area contributed by atoms with Gasteiger partial charge < -0.3 is 15.2 Å². The summed E-state index contributed by atoms with van der Waals surface area (Å²) >= 11 is 0. The first-order chi connectivity index (χ1) is 7.46. The van der Waals surface area contributed by atoms with Gasteiger partial charge in [-0.15, -0.1) is 0 Å². The van der Waals surface area contributed by atoms with Crippen LogP contribution in [-0.2, 0) is 9.53 Å². The van der Waals surface area contributed by atoms with Crippen LogP contribution in [0.15, 0.2) is 0 Å². The van der Waals surface area contributed by atoms with Crippen LogP contribution in [0.2, 0.25) is 0 Å². The third kappa shape index (κ3) is 5.47. The Bertz CT molecular complexity index is 208. The molecule has 0 aromatic rings. The van der Waals surface area contributed by atoms with Crippen LogP contribution in [0.1, 0.15) is 47.0 Å². The molecule has 0 saturated heterocycles. The molecule has 2 atom stereocenters. The predicted molar refractivity (Wildman–Crippen MR) is 64.7 cm³/mol. The van der Waals surface area contributed by atoms with Crippen LogP contribution in [0.5, 0.6) is 0 Å². The van der Waals surface area contributed by atoms with Gasteiger partial charge >= 0.3 is 5.97 Å². The van der Waals surface area contributed by atoms with Crippen molar-refractivity contribution in [3.05, 3.63) is 0 Å². The van der Waals surface area contributed by atoms with E-state index in [1.165, 1.54) is 0 Å². The average molecular weight is 231 g/mol. The van der Waals surface area contributed by atoms with Crippen molar-refractivity contribution < 1.29 is 14.6 Å². The highest BCUT2D eigenvalue weighted by molar-refractivity contribution is 5.78. The van der Waals surface area contributed by atoms with Crippen LogP contribution in [0.25, 0.3) is 0 Å². The van der Waals surface area contributed by atoms with E-state index in [2.05, 4.69) is 12.2 Å². The van der Waals surface area contributed by atoms with Crippen LogP contribution in [0, 0.1) is 0 Å². The Kier molecular flexibility index (Phi) is 7.34. The van der Waals surface area contributed by atoms with E-state index in [1.54, 1.807) is 6.92 Å². The van der Waals surface area contributed by atoms with Gasteiger partial charge in [-0.2, -0.15) is 0 Å². The molecule has 0 amide bonds. The molecule has 2 unspecified atom stereocenters. The molecule has 0 aliphatic carbocycles. The second kappa shape index (κ2) is 7.63. The minimum Gasteiger partial charge on any atom is -0.480 e. The molecule has 0 aromatic carbocycles. The van der Waals surface area contributed by atoms with Gasteiger partial charge in [-0.1, -0.05) is 20.3 Å². The predicted octanol–water partition coefficient (Wildman–Crippen LogP) is 2.03. The third-order valence-electron chi connectivity index (χ3n) is 2.59. The number of hydrogen-bond donors (Lipinski definition) is 2. The second-order valence-corrected chi connectivity index (χ2v) is 4.47. The number of carboxylic acid groups (broad SMARTS) is 1. The lowest BCUT2D eigenvalue weighted by Gasteiger charge is -2.27. The van der Waals surface area contributed by atoms with Crippen LogP contribution < -0.4 is 5.32 Å². The van der Waals surface area contributed by atoms with Gasteiger partial charge in [0.1, 0.15) is 5.54 Å². The lowest BCUT2D eigenvalue weighted by atomic mass is 10.0. The maximum absolute atomic E-state index is 11.2. The molecule has 2 N–H and O–H groups in total. The first-order valence-corrected chi connectivity index (χ1v) is 6.06. The lowest BCUT2D eigenvalue weighted by molar-refractivity contribution is -0.147. The molecule has 0 aliphatic heterocycles. The summed E-state index contributed by atoms with van der Waals surface area (Å²) in [4.78, 5) is 11.2. The van der Waals surface area contributed by atoms with Crippen molar-refractivity contribution in [3.8, 4) is 0 Å². The van der Waals surface area contributed by atoms with E-state index in [9.17, 15) is 4.79 Å². The summed E-state index contributed by atoms with van der Waals surface area (Å²) < 4.78 is 5.56. The Balaban J connectivity index is 4.16. The standard InChI is InChI=1S/C12H25NO3/c1-5-7-10(3)16-9-12(4,11(14)15)13-8-6-2/h10,13H,5-9H2,1-4H3,(H,14,15). The number of nitrogens with one attached hydrogen (secondary N) is 1. The van der Waals surface area contributed by atoms with Gasteiger partial charge in [-0.3, -0.25) is 4.79 Å². The fraction of sp³-hybridized carbons (Fsp3) is 0.917. The molecule has 0 radical (unpaired) electrons. The second-order valence-electron chi connectivity index (χ2n) is 4.47. The van der Waals surface area contributed by atoms with Crippen molar-refractivity contribution >= 4 is 5.97 Å². The number of ether oxygens (including phenoxy) is 1. The first-order valence-electron chi connectivity index (χ1n) is 6.06. The van der Waals surface area contributed by atoms with Crippen LogP contribution in [-0.4, -0.2) is 35.9 Å². The van der Waals surface area contributed by atoms with Gasteiger partial charge in [0.25, 0.3) is 0 Å². The molecule has 0 aromatic heterocycles. The molecule has 4 heteroatoms. The van der Waals surface area contributed by atoms with Gasteiger partial charge in [0.15, 0.2) is 0 Å². The number of hydrogen-bond acceptors (Lipinski definition) is 3. The van der Waals surface area contributed by atoms with E-state index in [-0.39, 0.29) is 12.7 Å². The smallest absolute Gasteiger partial charge is 0.326 e. The number of carbonyl (C=O) groups is 1. The third-order valence-corrected chi connectivity index (χ3v) is 2.59. The molecule has 0 spiro atoms. The summed E-state index contributed by atoms with van der Waals surface area (Å²) in [6, 6.07) is 0. The highest BCUT2D eigenvalue weighted by atomic mass is 16.5. The van der Waals surface area contributed by atoms with Crippen LogP contribution >= 0.6 is 0 Å². The summed E-state index contributed by atoms with van der Waals surface area (Å²) in [5.74, 6) is -0.857. The minimum atomic E-state index is -0.974. The minimum absolute atomic E-state index is 0.118. The molecule has 0 heterocycles. The summed E-state index contributed by atoms with van der Waals surface area (Å²) in [6.45, 7) is 8.65. The summed E-state index contributed by atoms with van der Waals surface area (Å²) in [5.41, 5.74) is -0.974. The van der Waals surface area contributed by atoms with Crippen LogP contribution in [0.4, 0.5) is 0 Å². The molecule has 0 bridgehead atoms. The maximum atomic E-state index is 11.2. The molecule has 0 fully saturated rings. The van der Waals surface area contributed by atoms with Crippen molar-refractivity contribution in [2.45, 2.75) is 58.6 Å². The SMILES string of the molecule is CCCNC(C)(COC(C)CCC)C(=O)O. The summed E-state index contributed by atoms with van der Waals surface area (Å²) in [7, 11) is 0. The quantitative estimate of drug-likeness (QED) is 0.637. The van der Waals surface area contributed by atoms with Crippen molar-refractivity contribution in [3.63, 3.8) is 0 Å². The van der Waals surface area contributed by atoms with E-state index in [0.29, 0.717) is 6.54 Å². The zero-order valence-corrected chi connectivity index (χ0v) is 10.9. The monoisotopic (exact) mass is 231 g/mol. The highest BCUT2D eigenvalue weighted by Gasteiger charge is 2.33. The van der Waals surface area contributed by atoms with Gasteiger partial charge in [0, 0.05) is 0 Å². The van der Waals surface area contributed by atoms with Gasteiger partial charge in [-0.05, 0) is 33.2 Å². The molecule has 0 rings (SSSR count). The molecule has 96 valence electrons. The number of aliphatic carboxylic acids is 1. The normalized spacial score (nSPS) is 16.8. The Morgan fingerprint density at radius 1 is 1.44 bits per heavy atom.